The van der Waals surface area contributed by atoms with Crippen LogP contribution in [0.25, 0.3) is 0 Å². The van der Waals surface area contributed by atoms with Gasteiger partial charge >= 0.3 is 0 Å². The molecule has 16 heavy (non-hydrogen) atoms. The van der Waals surface area contributed by atoms with E-state index in [4.69, 9.17) is 22.1 Å². The van der Waals surface area contributed by atoms with Crippen molar-refractivity contribution in [3.8, 4) is 5.75 Å². The van der Waals surface area contributed by atoms with Crippen molar-refractivity contribution in [2.45, 2.75) is 44.8 Å². The first-order chi connectivity index (χ1) is 7.70. The van der Waals surface area contributed by atoms with Gasteiger partial charge in [-0.3, -0.25) is 0 Å². The van der Waals surface area contributed by atoms with Gasteiger partial charge in [-0.1, -0.05) is 31.4 Å². The van der Waals surface area contributed by atoms with Crippen molar-refractivity contribution < 1.29 is 4.74 Å². The maximum Gasteiger partial charge on any atom is 0.124 e. The standard InChI is InChI=1S/C13H18ClNO/c1-2-3-4-10-8-12(15)11-7-9(14)5-6-13(11)16-10/h5-7,10,12H,2-4,8,15H2,1H3/t10?,12-/m1/s1. The predicted molar refractivity (Wildman–Crippen MR) is 66.9 cm³/mol. The minimum atomic E-state index is 0.0595. The molecule has 0 aromatic heterocycles. The molecule has 88 valence electrons. The van der Waals surface area contributed by atoms with Crippen LogP contribution >= 0.6 is 11.6 Å². The number of hydrogen-bond acceptors (Lipinski definition) is 2. The zero-order valence-electron chi connectivity index (χ0n) is 9.58. The summed E-state index contributed by atoms with van der Waals surface area (Å²) in [5.74, 6) is 0.907. The summed E-state index contributed by atoms with van der Waals surface area (Å²) < 4.78 is 5.92. The van der Waals surface area contributed by atoms with Gasteiger partial charge < -0.3 is 10.5 Å². The van der Waals surface area contributed by atoms with Crippen LogP contribution in [0, 0.1) is 0 Å². The number of fused-ring (bicyclic) bond motifs is 1. The molecular formula is C13H18ClNO. The van der Waals surface area contributed by atoms with Crippen LogP contribution in [-0.2, 0) is 0 Å². The lowest BCUT2D eigenvalue weighted by atomic mass is 9.95. The van der Waals surface area contributed by atoms with Gasteiger partial charge in [0.2, 0.25) is 0 Å². The summed E-state index contributed by atoms with van der Waals surface area (Å²) in [4.78, 5) is 0. The van der Waals surface area contributed by atoms with Crippen molar-refractivity contribution in [1.29, 1.82) is 0 Å². The zero-order valence-corrected chi connectivity index (χ0v) is 10.3. The molecule has 0 spiro atoms. The third-order valence-electron chi connectivity index (χ3n) is 3.06. The lowest BCUT2D eigenvalue weighted by Crippen LogP contribution is -2.29. The fourth-order valence-corrected chi connectivity index (χ4v) is 2.34. The van der Waals surface area contributed by atoms with E-state index < -0.39 is 0 Å². The highest BCUT2D eigenvalue weighted by molar-refractivity contribution is 6.30. The summed E-state index contributed by atoms with van der Waals surface area (Å²) in [6, 6.07) is 5.76. The summed E-state index contributed by atoms with van der Waals surface area (Å²) in [5, 5.41) is 0.727. The van der Waals surface area contributed by atoms with Gasteiger partial charge in [0.15, 0.2) is 0 Å². The number of nitrogens with two attached hydrogens (primary N) is 1. The summed E-state index contributed by atoms with van der Waals surface area (Å²) >= 11 is 5.95. The summed E-state index contributed by atoms with van der Waals surface area (Å²) in [6.45, 7) is 2.19. The third-order valence-corrected chi connectivity index (χ3v) is 3.30. The van der Waals surface area contributed by atoms with E-state index in [0.717, 1.165) is 29.2 Å². The Hall–Kier alpha value is -0.730. The summed E-state index contributed by atoms with van der Waals surface area (Å²) in [5.41, 5.74) is 7.18. The van der Waals surface area contributed by atoms with Gasteiger partial charge in [-0.2, -0.15) is 0 Å². The molecule has 0 fully saturated rings. The average molecular weight is 240 g/mol. The fourth-order valence-electron chi connectivity index (χ4n) is 2.16. The number of benzene rings is 1. The van der Waals surface area contributed by atoms with E-state index in [-0.39, 0.29) is 12.1 Å². The Labute approximate surface area is 102 Å². The van der Waals surface area contributed by atoms with Crippen LogP contribution in [0.5, 0.6) is 5.75 Å². The second-order valence-corrected chi connectivity index (χ2v) is 4.84. The van der Waals surface area contributed by atoms with Crippen molar-refractivity contribution in [1.82, 2.24) is 0 Å². The van der Waals surface area contributed by atoms with Crippen LogP contribution in [0.4, 0.5) is 0 Å². The van der Waals surface area contributed by atoms with E-state index in [1.165, 1.54) is 12.8 Å². The molecule has 1 unspecified atom stereocenters. The first-order valence-electron chi connectivity index (χ1n) is 5.92. The molecule has 1 aliphatic rings. The SMILES string of the molecule is CCCCC1C[C@@H](N)c2cc(Cl)ccc2O1. The Kier molecular flexibility index (Phi) is 3.72. The van der Waals surface area contributed by atoms with Crippen molar-refractivity contribution >= 4 is 11.6 Å². The molecule has 2 nitrogen and oxygen atoms in total. The van der Waals surface area contributed by atoms with Crippen molar-refractivity contribution in [2.75, 3.05) is 0 Å². The minimum absolute atomic E-state index is 0.0595. The Balaban J connectivity index is 2.13. The minimum Gasteiger partial charge on any atom is -0.490 e. The van der Waals surface area contributed by atoms with Crippen molar-refractivity contribution in [3.05, 3.63) is 28.8 Å². The Morgan fingerprint density at radius 1 is 1.50 bits per heavy atom. The molecule has 0 saturated heterocycles. The van der Waals surface area contributed by atoms with Crippen LogP contribution < -0.4 is 10.5 Å². The molecule has 1 heterocycles. The second-order valence-electron chi connectivity index (χ2n) is 4.41. The number of hydrogen-bond donors (Lipinski definition) is 1. The van der Waals surface area contributed by atoms with Crippen molar-refractivity contribution in [2.24, 2.45) is 5.73 Å². The molecule has 2 rings (SSSR count). The van der Waals surface area contributed by atoms with E-state index in [1.807, 2.05) is 18.2 Å². The maximum absolute atomic E-state index is 6.14. The molecule has 0 amide bonds. The molecule has 2 atom stereocenters. The average Bonchev–Trinajstić information content (AvgIpc) is 2.27. The first kappa shape index (κ1) is 11.7. The zero-order chi connectivity index (χ0) is 11.5. The lowest BCUT2D eigenvalue weighted by Gasteiger charge is -2.30. The number of unbranched alkanes of at least 4 members (excludes halogenated alkanes) is 1. The topological polar surface area (TPSA) is 35.2 Å². The van der Waals surface area contributed by atoms with Crippen LogP contribution in [0.15, 0.2) is 18.2 Å². The Morgan fingerprint density at radius 3 is 3.06 bits per heavy atom. The van der Waals surface area contributed by atoms with Gasteiger partial charge in [0.25, 0.3) is 0 Å². The molecule has 0 radical (unpaired) electrons. The maximum atomic E-state index is 6.14. The largest absolute Gasteiger partial charge is 0.490 e. The highest BCUT2D eigenvalue weighted by Crippen LogP contribution is 2.36. The van der Waals surface area contributed by atoms with Crippen LogP contribution in [-0.4, -0.2) is 6.10 Å². The van der Waals surface area contributed by atoms with Gasteiger partial charge in [-0.25, -0.2) is 0 Å². The van der Waals surface area contributed by atoms with E-state index in [2.05, 4.69) is 6.92 Å². The molecule has 0 aliphatic carbocycles. The van der Waals surface area contributed by atoms with Gasteiger partial charge in [-0.15, -0.1) is 0 Å². The Morgan fingerprint density at radius 2 is 2.31 bits per heavy atom. The third kappa shape index (κ3) is 2.50. The number of ether oxygens (including phenoxy) is 1. The van der Waals surface area contributed by atoms with E-state index in [0.29, 0.717) is 0 Å². The lowest BCUT2D eigenvalue weighted by molar-refractivity contribution is 0.147. The molecule has 1 aromatic rings. The quantitative estimate of drug-likeness (QED) is 0.873. The van der Waals surface area contributed by atoms with E-state index in [1.54, 1.807) is 0 Å². The monoisotopic (exact) mass is 239 g/mol. The predicted octanol–water partition coefficient (Wildman–Crippen LogP) is 3.68. The van der Waals surface area contributed by atoms with Gasteiger partial charge in [0.1, 0.15) is 11.9 Å². The Bertz CT molecular complexity index is 367. The van der Waals surface area contributed by atoms with Crippen molar-refractivity contribution in [3.63, 3.8) is 0 Å². The van der Waals surface area contributed by atoms with E-state index >= 15 is 0 Å². The van der Waals surface area contributed by atoms with Crippen LogP contribution in [0.2, 0.25) is 5.02 Å². The molecule has 3 heteroatoms. The number of halogens is 1. The molecule has 0 bridgehead atoms. The molecule has 1 aliphatic heterocycles. The molecular weight excluding hydrogens is 222 g/mol. The van der Waals surface area contributed by atoms with Crippen LogP contribution in [0.1, 0.15) is 44.2 Å². The summed E-state index contributed by atoms with van der Waals surface area (Å²) in [7, 11) is 0. The fraction of sp³-hybridized carbons (Fsp3) is 0.538. The molecule has 2 N–H and O–H groups in total. The highest BCUT2D eigenvalue weighted by Gasteiger charge is 2.25. The van der Waals surface area contributed by atoms with E-state index in [9.17, 15) is 0 Å². The first-order valence-corrected chi connectivity index (χ1v) is 6.30. The smallest absolute Gasteiger partial charge is 0.124 e. The highest BCUT2D eigenvalue weighted by atomic mass is 35.5. The van der Waals surface area contributed by atoms with Gasteiger partial charge in [0, 0.05) is 23.0 Å². The van der Waals surface area contributed by atoms with Gasteiger partial charge in [0.05, 0.1) is 0 Å². The number of rotatable bonds is 3. The summed E-state index contributed by atoms with van der Waals surface area (Å²) in [6.07, 6.45) is 4.64. The second kappa shape index (κ2) is 5.07. The van der Waals surface area contributed by atoms with Gasteiger partial charge in [-0.05, 0) is 24.6 Å². The van der Waals surface area contributed by atoms with Crippen LogP contribution in [0.3, 0.4) is 0 Å². The molecule has 1 aromatic carbocycles. The normalized spacial score (nSPS) is 23.7. The molecule has 0 saturated carbocycles.